The zero-order chi connectivity index (χ0) is 18.9. The summed E-state index contributed by atoms with van der Waals surface area (Å²) in [4.78, 5) is 32.0. The van der Waals surface area contributed by atoms with Gasteiger partial charge in [-0.15, -0.1) is 0 Å². The molecule has 144 valence electrons. The van der Waals surface area contributed by atoms with Gasteiger partial charge in [0.15, 0.2) is 5.82 Å². The van der Waals surface area contributed by atoms with Gasteiger partial charge in [0, 0.05) is 44.3 Å². The van der Waals surface area contributed by atoms with Crippen molar-refractivity contribution in [2.75, 3.05) is 36.0 Å². The van der Waals surface area contributed by atoms with Crippen LogP contribution in [0.1, 0.15) is 19.3 Å². The van der Waals surface area contributed by atoms with Crippen molar-refractivity contribution < 1.29 is 4.74 Å². The number of fused-ring (bicyclic) bond motifs is 1. The van der Waals surface area contributed by atoms with E-state index in [1.54, 1.807) is 18.7 Å². The fourth-order valence-electron chi connectivity index (χ4n) is 3.70. The minimum atomic E-state index is -0.142. The highest BCUT2D eigenvalue weighted by Gasteiger charge is 2.23. The lowest BCUT2D eigenvalue weighted by Gasteiger charge is -2.36. The third-order valence-corrected chi connectivity index (χ3v) is 5.55. The van der Waals surface area contributed by atoms with Gasteiger partial charge in [-0.3, -0.25) is 4.79 Å². The first kappa shape index (κ1) is 17.0. The van der Waals surface area contributed by atoms with Crippen molar-refractivity contribution >= 4 is 22.4 Å². The van der Waals surface area contributed by atoms with E-state index in [1.165, 1.54) is 6.42 Å². The van der Waals surface area contributed by atoms with Gasteiger partial charge in [-0.05, 0) is 37.5 Å². The van der Waals surface area contributed by atoms with Crippen molar-refractivity contribution in [2.45, 2.75) is 25.4 Å². The Morgan fingerprint density at radius 3 is 2.61 bits per heavy atom. The second-order valence-electron chi connectivity index (χ2n) is 7.27. The molecule has 0 radical (unpaired) electrons. The number of ether oxygens (including phenoxy) is 1. The average Bonchev–Trinajstić information content (AvgIpc) is 2.71. The molecule has 1 saturated carbocycles. The molecule has 1 aliphatic carbocycles. The zero-order valence-corrected chi connectivity index (χ0v) is 15.5. The Morgan fingerprint density at radius 2 is 1.86 bits per heavy atom. The van der Waals surface area contributed by atoms with Crippen molar-refractivity contribution in [3.8, 4) is 5.88 Å². The minimum Gasteiger partial charge on any atom is -0.474 e. The van der Waals surface area contributed by atoms with E-state index in [4.69, 9.17) is 4.74 Å². The van der Waals surface area contributed by atoms with E-state index in [-0.39, 0.29) is 11.7 Å². The van der Waals surface area contributed by atoms with Crippen LogP contribution in [-0.4, -0.2) is 52.2 Å². The first-order valence-corrected chi connectivity index (χ1v) is 9.73. The van der Waals surface area contributed by atoms with Crippen LogP contribution in [0, 0.1) is 0 Å². The maximum absolute atomic E-state index is 12.0. The van der Waals surface area contributed by atoms with Gasteiger partial charge in [0.1, 0.15) is 12.4 Å². The lowest BCUT2D eigenvalue weighted by molar-refractivity contribution is 0.116. The van der Waals surface area contributed by atoms with Gasteiger partial charge < -0.3 is 19.5 Å². The first-order chi connectivity index (χ1) is 13.8. The molecule has 1 saturated heterocycles. The molecule has 8 heteroatoms. The summed E-state index contributed by atoms with van der Waals surface area (Å²) in [6, 6.07) is 6.23. The third kappa shape index (κ3) is 3.15. The zero-order valence-electron chi connectivity index (χ0n) is 15.5. The molecule has 3 heterocycles. The quantitative estimate of drug-likeness (QED) is 0.743. The van der Waals surface area contributed by atoms with Crippen molar-refractivity contribution in [3.63, 3.8) is 0 Å². The Labute approximate surface area is 162 Å². The maximum Gasteiger partial charge on any atom is 0.290 e. The maximum atomic E-state index is 12.0. The van der Waals surface area contributed by atoms with Crippen LogP contribution in [0.25, 0.3) is 10.9 Å². The average molecular weight is 378 g/mol. The van der Waals surface area contributed by atoms with E-state index >= 15 is 0 Å². The summed E-state index contributed by atoms with van der Waals surface area (Å²) in [5, 5.41) is 0.954. The van der Waals surface area contributed by atoms with E-state index in [1.807, 2.05) is 11.0 Å². The Bertz CT molecular complexity index is 1040. The molecule has 2 fully saturated rings. The first-order valence-electron chi connectivity index (χ1n) is 9.73. The molecule has 0 bridgehead atoms. The lowest BCUT2D eigenvalue weighted by atomic mass is 9.96. The predicted octanol–water partition coefficient (Wildman–Crippen LogP) is 1.97. The molecule has 5 rings (SSSR count). The lowest BCUT2D eigenvalue weighted by Crippen LogP contribution is -2.48. The van der Waals surface area contributed by atoms with Crippen molar-refractivity contribution in [2.24, 2.45) is 0 Å². The standard InChI is InChI=1S/C20H22N6O2/c27-19-18(21-6-7-22-19)26-10-8-25(9-11-26)14-4-5-17-16(12-14)20(24-13-23-17)28-15-2-1-3-15/h4-7,12-13,15H,1-3,8-11H2,(H,22,27). The summed E-state index contributed by atoms with van der Waals surface area (Å²) in [7, 11) is 0. The highest BCUT2D eigenvalue weighted by atomic mass is 16.5. The number of H-pyrrole nitrogens is 1. The number of aromatic nitrogens is 4. The van der Waals surface area contributed by atoms with Crippen LogP contribution in [0.5, 0.6) is 5.88 Å². The summed E-state index contributed by atoms with van der Waals surface area (Å²) >= 11 is 0. The molecule has 1 aromatic carbocycles. The molecular formula is C20H22N6O2. The van der Waals surface area contributed by atoms with Crippen LogP contribution in [0.2, 0.25) is 0 Å². The van der Waals surface area contributed by atoms with Crippen LogP contribution >= 0.6 is 0 Å². The van der Waals surface area contributed by atoms with Gasteiger partial charge in [0.05, 0.1) is 10.9 Å². The van der Waals surface area contributed by atoms with E-state index in [9.17, 15) is 4.79 Å². The number of benzene rings is 1. The molecule has 1 N–H and O–H groups in total. The molecule has 28 heavy (non-hydrogen) atoms. The second-order valence-corrected chi connectivity index (χ2v) is 7.27. The van der Waals surface area contributed by atoms with Gasteiger partial charge in [-0.25, -0.2) is 15.0 Å². The summed E-state index contributed by atoms with van der Waals surface area (Å²) < 4.78 is 6.07. The largest absolute Gasteiger partial charge is 0.474 e. The molecule has 8 nitrogen and oxygen atoms in total. The summed E-state index contributed by atoms with van der Waals surface area (Å²) in [5.41, 5.74) is 1.87. The van der Waals surface area contributed by atoms with Crippen molar-refractivity contribution in [1.82, 2.24) is 19.9 Å². The number of nitrogens with zero attached hydrogens (tertiary/aromatic N) is 5. The third-order valence-electron chi connectivity index (χ3n) is 5.55. The van der Waals surface area contributed by atoms with Gasteiger partial charge in [0.25, 0.3) is 5.56 Å². The molecule has 0 spiro atoms. The van der Waals surface area contributed by atoms with E-state index < -0.39 is 0 Å². The van der Waals surface area contributed by atoms with E-state index in [2.05, 4.69) is 37.0 Å². The second kappa shape index (κ2) is 7.10. The monoisotopic (exact) mass is 378 g/mol. The molecule has 0 amide bonds. The molecular weight excluding hydrogens is 356 g/mol. The van der Waals surface area contributed by atoms with Crippen LogP contribution in [0.15, 0.2) is 41.7 Å². The van der Waals surface area contributed by atoms with Crippen LogP contribution in [0.3, 0.4) is 0 Å². The van der Waals surface area contributed by atoms with E-state index in [0.29, 0.717) is 11.7 Å². The number of hydrogen-bond donors (Lipinski definition) is 1. The fraction of sp³-hybridized carbons (Fsp3) is 0.400. The fourth-order valence-corrected chi connectivity index (χ4v) is 3.70. The molecule has 0 atom stereocenters. The highest BCUT2D eigenvalue weighted by Crippen LogP contribution is 2.31. The number of piperazine rings is 1. The Morgan fingerprint density at radius 1 is 1.04 bits per heavy atom. The summed E-state index contributed by atoms with van der Waals surface area (Å²) in [6.45, 7) is 3.12. The van der Waals surface area contributed by atoms with Crippen LogP contribution in [-0.2, 0) is 0 Å². The smallest absolute Gasteiger partial charge is 0.290 e. The number of rotatable bonds is 4. The van der Waals surface area contributed by atoms with E-state index in [0.717, 1.165) is 55.6 Å². The van der Waals surface area contributed by atoms with Crippen molar-refractivity contribution in [3.05, 3.63) is 47.3 Å². The molecule has 1 aliphatic heterocycles. The van der Waals surface area contributed by atoms with Gasteiger partial charge in [-0.1, -0.05) is 0 Å². The normalized spacial score (nSPS) is 17.6. The Hall–Kier alpha value is -3.16. The van der Waals surface area contributed by atoms with Gasteiger partial charge in [-0.2, -0.15) is 0 Å². The van der Waals surface area contributed by atoms with Gasteiger partial charge in [0.2, 0.25) is 5.88 Å². The number of nitrogens with one attached hydrogen (secondary N) is 1. The van der Waals surface area contributed by atoms with Gasteiger partial charge >= 0.3 is 0 Å². The summed E-state index contributed by atoms with van der Waals surface area (Å²) in [6.07, 6.45) is 8.45. The van der Waals surface area contributed by atoms with Crippen LogP contribution < -0.4 is 20.1 Å². The predicted molar refractivity (Wildman–Crippen MR) is 107 cm³/mol. The molecule has 0 unspecified atom stereocenters. The molecule has 2 aromatic heterocycles. The number of anilines is 2. The Kier molecular flexibility index (Phi) is 4.31. The highest BCUT2D eigenvalue weighted by molar-refractivity contribution is 5.86. The SMILES string of the molecule is O=c1[nH]ccnc1N1CCN(c2ccc3ncnc(OC4CCC4)c3c2)CC1. The number of hydrogen-bond acceptors (Lipinski definition) is 7. The van der Waals surface area contributed by atoms with Crippen LogP contribution in [0.4, 0.5) is 11.5 Å². The summed E-state index contributed by atoms with van der Waals surface area (Å²) in [5.74, 6) is 1.17. The Balaban J connectivity index is 1.36. The minimum absolute atomic E-state index is 0.142. The number of aromatic amines is 1. The topological polar surface area (TPSA) is 87.2 Å². The molecule has 2 aliphatic rings. The molecule has 3 aromatic rings. The van der Waals surface area contributed by atoms with Crippen molar-refractivity contribution in [1.29, 1.82) is 0 Å².